The van der Waals surface area contributed by atoms with Gasteiger partial charge in [-0.05, 0) is 30.9 Å². The third-order valence-electron chi connectivity index (χ3n) is 3.60. The highest BCUT2D eigenvalue weighted by atomic mass is 15.1. The maximum atomic E-state index is 7.46. The van der Waals surface area contributed by atoms with Gasteiger partial charge in [0, 0.05) is 24.8 Å². The van der Waals surface area contributed by atoms with Gasteiger partial charge in [-0.2, -0.15) is 0 Å². The molecule has 0 aromatic heterocycles. The zero-order valence-electron chi connectivity index (χ0n) is 10.4. The fourth-order valence-corrected chi connectivity index (χ4v) is 2.60. The van der Waals surface area contributed by atoms with Crippen LogP contribution in [-0.2, 0) is 0 Å². The maximum Gasteiger partial charge on any atom is 0.122 e. The second kappa shape index (κ2) is 5.21. The summed E-state index contributed by atoms with van der Waals surface area (Å²) in [6.45, 7) is 1.11. The number of anilines is 1. The fraction of sp³-hybridized carbons (Fsp3) is 0.500. The van der Waals surface area contributed by atoms with Gasteiger partial charge in [0.15, 0.2) is 0 Å². The van der Waals surface area contributed by atoms with E-state index in [1.807, 2.05) is 18.2 Å². The fourth-order valence-electron chi connectivity index (χ4n) is 2.60. The van der Waals surface area contributed by atoms with Crippen molar-refractivity contribution in [3.63, 3.8) is 0 Å². The van der Waals surface area contributed by atoms with Crippen LogP contribution < -0.4 is 10.6 Å². The van der Waals surface area contributed by atoms with E-state index in [-0.39, 0.29) is 5.84 Å². The zero-order valence-corrected chi connectivity index (χ0v) is 10.4. The Morgan fingerprint density at radius 2 is 2.12 bits per heavy atom. The quantitative estimate of drug-likeness (QED) is 0.618. The molecule has 0 heterocycles. The molecule has 0 amide bonds. The molecule has 1 aromatic carbocycles. The van der Waals surface area contributed by atoms with Crippen LogP contribution in [0.25, 0.3) is 0 Å². The van der Waals surface area contributed by atoms with Gasteiger partial charge < -0.3 is 10.6 Å². The van der Waals surface area contributed by atoms with Crippen LogP contribution in [0.2, 0.25) is 0 Å². The number of benzene rings is 1. The van der Waals surface area contributed by atoms with E-state index >= 15 is 0 Å². The van der Waals surface area contributed by atoms with Crippen LogP contribution in [0.5, 0.6) is 0 Å². The minimum atomic E-state index is 0.140. The molecule has 17 heavy (non-hydrogen) atoms. The average Bonchev–Trinajstić information content (AvgIpc) is 2.82. The van der Waals surface area contributed by atoms with Crippen molar-refractivity contribution in [3.05, 3.63) is 29.8 Å². The summed E-state index contributed by atoms with van der Waals surface area (Å²) < 4.78 is 0. The molecule has 0 radical (unpaired) electrons. The molecule has 1 aromatic rings. The largest absolute Gasteiger partial charge is 0.384 e. The molecule has 0 spiro atoms. The van der Waals surface area contributed by atoms with Crippen LogP contribution in [-0.4, -0.2) is 19.4 Å². The van der Waals surface area contributed by atoms with Gasteiger partial charge >= 0.3 is 0 Å². The van der Waals surface area contributed by atoms with Crippen LogP contribution in [0.15, 0.2) is 24.3 Å². The molecule has 0 atom stereocenters. The van der Waals surface area contributed by atoms with Crippen molar-refractivity contribution >= 4 is 11.5 Å². The Morgan fingerprint density at radius 1 is 1.41 bits per heavy atom. The molecule has 3 heteroatoms. The molecule has 0 unspecified atom stereocenters. The summed E-state index contributed by atoms with van der Waals surface area (Å²) in [5, 5.41) is 7.46. The predicted molar refractivity (Wildman–Crippen MR) is 72.7 cm³/mol. The van der Waals surface area contributed by atoms with E-state index in [1.165, 1.54) is 25.7 Å². The number of rotatable bonds is 4. The minimum Gasteiger partial charge on any atom is -0.384 e. The Kier molecular flexibility index (Phi) is 3.67. The summed E-state index contributed by atoms with van der Waals surface area (Å²) >= 11 is 0. The summed E-state index contributed by atoms with van der Waals surface area (Å²) in [5.74, 6) is 0.974. The van der Waals surface area contributed by atoms with Crippen molar-refractivity contribution in [2.75, 3.05) is 18.5 Å². The lowest BCUT2D eigenvalue weighted by molar-refractivity contribution is 0.547. The van der Waals surface area contributed by atoms with Crippen LogP contribution in [0, 0.1) is 11.3 Å². The third kappa shape index (κ3) is 2.99. The van der Waals surface area contributed by atoms with Crippen LogP contribution in [0.1, 0.15) is 31.2 Å². The molecule has 3 N–H and O–H groups in total. The Bertz CT molecular complexity index is 394. The lowest BCUT2D eigenvalue weighted by Crippen LogP contribution is -2.24. The zero-order chi connectivity index (χ0) is 12.3. The molecule has 0 aliphatic heterocycles. The Balaban J connectivity index is 2.04. The molecular formula is C14H21N3. The summed E-state index contributed by atoms with van der Waals surface area (Å²) in [5.41, 5.74) is 7.47. The van der Waals surface area contributed by atoms with E-state index in [1.54, 1.807) is 0 Å². The number of nitrogens with zero attached hydrogens (tertiary/aromatic N) is 1. The monoisotopic (exact) mass is 231 g/mol. The van der Waals surface area contributed by atoms with Crippen molar-refractivity contribution in [2.24, 2.45) is 11.7 Å². The molecule has 92 valence electrons. The number of nitrogen functional groups attached to an aromatic ring is 1. The van der Waals surface area contributed by atoms with Gasteiger partial charge in [-0.25, -0.2) is 0 Å². The van der Waals surface area contributed by atoms with Crippen molar-refractivity contribution in [1.82, 2.24) is 0 Å². The Labute approximate surface area is 103 Å². The Hall–Kier alpha value is -1.51. The van der Waals surface area contributed by atoms with Crippen LogP contribution in [0.4, 0.5) is 5.69 Å². The van der Waals surface area contributed by atoms with Gasteiger partial charge in [-0.3, -0.25) is 5.41 Å². The lowest BCUT2D eigenvalue weighted by Gasteiger charge is -2.23. The summed E-state index contributed by atoms with van der Waals surface area (Å²) in [6, 6.07) is 7.94. The first-order valence-electron chi connectivity index (χ1n) is 6.32. The molecular weight excluding hydrogens is 210 g/mol. The summed E-state index contributed by atoms with van der Waals surface area (Å²) in [7, 11) is 2.12. The molecule has 1 fully saturated rings. The highest BCUT2D eigenvalue weighted by molar-refractivity contribution is 5.95. The topological polar surface area (TPSA) is 53.1 Å². The smallest absolute Gasteiger partial charge is 0.122 e. The van der Waals surface area contributed by atoms with Gasteiger partial charge in [0.2, 0.25) is 0 Å². The maximum absolute atomic E-state index is 7.46. The third-order valence-corrected chi connectivity index (χ3v) is 3.60. The highest BCUT2D eigenvalue weighted by Gasteiger charge is 2.17. The predicted octanol–water partition coefficient (Wildman–Crippen LogP) is 2.60. The minimum absolute atomic E-state index is 0.140. The normalized spacial score (nSPS) is 16.1. The van der Waals surface area contributed by atoms with Crippen molar-refractivity contribution in [2.45, 2.75) is 25.7 Å². The van der Waals surface area contributed by atoms with Crippen molar-refractivity contribution in [1.29, 1.82) is 5.41 Å². The SMILES string of the molecule is CN(CC1CCCC1)c1cccc(C(=N)N)c1. The van der Waals surface area contributed by atoms with Crippen LogP contribution >= 0.6 is 0 Å². The average molecular weight is 231 g/mol. The molecule has 1 saturated carbocycles. The molecule has 0 bridgehead atoms. The summed E-state index contributed by atoms with van der Waals surface area (Å²) in [4.78, 5) is 2.28. The second-order valence-corrected chi connectivity index (χ2v) is 5.00. The van der Waals surface area contributed by atoms with Crippen molar-refractivity contribution in [3.8, 4) is 0 Å². The molecule has 1 aliphatic rings. The van der Waals surface area contributed by atoms with Crippen LogP contribution in [0.3, 0.4) is 0 Å². The lowest BCUT2D eigenvalue weighted by atomic mass is 10.1. The van der Waals surface area contributed by atoms with Crippen molar-refractivity contribution < 1.29 is 0 Å². The van der Waals surface area contributed by atoms with Gasteiger partial charge in [0.1, 0.15) is 5.84 Å². The highest BCUT2D eigenvalue weighted by Crippen LogP contribution is 2.27. The van der Waals surface area contributed by atoms with E-state index in [4.69, 9.17) is 11.1 Å². The van der Waals surface area contributed by atoms with Gasteiger partial charge in [0.25, 0.3) is 0 Å². The first kappa shape index (κ1) is 12.0. The van der Waals surface area contributed by atoms with E-state index in [0.29, 0.717) is 0 Å². The number of hydrogen-bond acceptors (Lipinski definition) is 2. The van der Waals surface area contributed by atoms with E-state index in [2.05, 4.69) is 18.0 Å². The Morgan fingerprint density at radius 3 is 2.76 bits per heavy atom. The second-order valence-electron chi connectivity index (χ2n) is 5.00. The van der Waals surface area contributed by atoms with E-state index in [0.717, 1.165) is 23.7 Å². The van der Waals surface area contributed by atoms with E-state index < -0.39 is 0 Å². The number of hydrogen-bond donors (Lipinski definition) is 2. The van der Waals surface area contributed by atoms with E-state index in [9.17, 15) is 0 Å². The molecule has 0 saturated heterocycles. The number of nitrogens with one attached hydrogen (secondary N) is 1. The summed E-state index contributed by atoms with van der Waals surface area (Å²) in [6.07, 6.45) is 5.48. The molecule has 3 nitrogen and oxygen atoms in total. The molecule has 1 aliphatic carbocycles. The van der Waals surface area contributed by atoms with Gasteiger partial charge in [0.05, 0.1) is 0 Å². The van der Waals surface area contributed by atoms with Gasteiger partial charge in [-0.1, -0.05) is 25.0 Å². The molecule has 2 rings (SSSR count). The standard InChI is InChI=1S/C14H21N3/c1-17(10-11-5-2-3-6-11)13-8-4-7-12(9-13)14(15)16/h4,7-9,11H,2-3,5-6,10H2,1H3,(H3,15,16). The first-order chi connectivity index (χ1) is 8.16. The van der Waals surface area contributed by atoms with Gasteiger partial charge in [-0.15, -0.1) is 0 Å². The first-order valence-corrected chi connectivity index (χ1v) is 6.32. The number of amidine groups is 1. The number of nitrogens with two attached hydrogens (primary N) is 1.